The lowest BCUT2D eigenvalue weighted by Gasteiger charge is -2.35. The number of unbranched alkanes of at least 4 members (excludes halogenated alkanes) is 1. The molecule has 0 aromatic heterocycles. The lowest BCUT2D eigenvalue weighted by atomic mass is 9.69. The van der Waals surface area contributed by atoms with E-state index in [0.29, 0.717) is 0 Å². The van der Waals surface area contributed by atoms with Gasteiger partial charge in [-0.25, -0.2) is 0 Å². The third-order valence-corrected chi connectivity index (χ3v) is 5.47. The average molecular weight is 438 g/mol. The fourth-order valence-corrected chi connectivity index (χ4v) is 4.22. The highest BCUT2D eigenvalue weighted by molar-refractivity contribution is 5.24. The molecule has 0 unspecified atom stereocenters. The zero-order valence-electron chi connectivity index (χ0n) is 16.7. The van der Waals surface area contributed by atoms with Gasteiger partial charge < -0.3 is 22.7 Å². The van der Waals surface area contributed by atoms with Crippen molar-refractivity contribution in [3.63, 3.8) is 0 Å². The summed E-state index contributed by atoms with van der Waals surface area (Å²) < 4.78 is 0. The number of hydrogen-bond acceptors (Lipinski definition) is 0. The third-order valence-electron chi connectivity index (χ3n) is 5.47. The lowest BCUT2D eigenvalue weighted by molar-refractivity contribution is -0.368. The molecule has 0 bridgehead atoms. The molecule has 28 heavy (non-hydrogen) atoms. The van der Waals surface area contributed by atoms with Gasteiger partial charge >= 0.3 is 0 Å². The highest BCUT2D eigenvalue weighted by atomic mass is 79.9. The summed E-state index contributed by atoms with van der Waals surface area (Å²) in [6, 6.07) is 33.0. The molecule has 0 aliphatic heterocycles. The van der Waals surface area contributed by atoms with Gasteiger partial charge in [0.1, 0.15) is 0 Å². The van der Waals surface area contributed by atoms with Crippen LogP contribution < -0.4 is 22.7 Å². The van der Waals surface area contributed by atoms with Crippen molar-refractivity contribution < 1.29 is 22.7 Å². The zero-order valence-corrected chi connectivity index (χ0v) is 18.3. The molecule has 0 radical (unpaired) electrons. The number of halogens is 1. The number of benzene rings is 3. The summed E-state index contributed by atoms with van der Waals surface area (Å²) in [5.74, 6) is 0. The standard InChI is InChI=1S/C26H31N.BrH/c27-19-11-10-18-26(20-23-12-4-1-5-13-23,21-24-14-6-2-7-15-24)22-25-16-8-3-9-17-25;/h1-9,12-17H,10-11,18-22,27H2;1H. The van der Waals surface area contributed by atoms with Crippen molar-refractivity contribution in [1.82, 2.24) is 0 Å². The molecule has 148 valence electrons. The molecule has 0 spiro atoms. The second-order valence-electron chi connectivity index (χ2n) is 7.80. The highest BCUT2D eigenvalue weighted by Gasteiger charge is 2.30. The first-order chi connectivity index (χ1) is 13.3. The van der Waals surface area contributed by atoms with Crippen molar-refractivity contribution in [2.24, 2.45) is 5.41 Å². The molecule has 0 amide bonds. The van der Waals surface area contributed by atoms with Gasteiger partial charge in [0.25, 0.3) is 0 Å². The number of rotatable bonds is 10. The summed E-state index contributed by atoms with van der Waals surface area (Å²) >= 11 is 0. The van der Waals surface area contributed by atoms with Crippen LogP contribution >= 0.6 is 0 Å². The summed E-state index contributed by atoms with van der Waals surface area (Å²) in [5, 5.41) is 0. The average Bonchev–Trinajstić information content (AvgIpc) is 2.70. The molecule has 3 rings (SSSR count). The maximum Gasteiger partial charge on any atom is 0.0739 e. The highest BCUT2D eigenvalue weighted by Crippen LogP contribution is 2.37. The fourth-order valence-electron chi connectivity index (χ4n) is 4.22. The monoisotopic (exact) mass is 437 g/mol. The van der Waals surface area contributed by atoms with Gasteiger partial charge in [-0.3, -0.25) is 0 Å². The van der Waals surface area contributed by atoms with Crippen LogP contribution in [0.3, 0.4) is 0 Å². The maximum atomic E-state index is 4.06. The van der Waals surface area contributed by atoms with Crippen LogP contribution in [0.1, 0.15) is 36.0 Å². The molecule has 2 heteroatoms. The van der Waals surface area contributed by atoms with Gasteiger partial charge in [-0.2, -0.15) is 0 Å². The predicted molar refractivity (Wildman–Crippen MR) is 114 cm³/mol. The van der Waals surface area contributed by atoms with E-state index < -0.39 is 0 Å². The first-order valence-corrected chi connectivity index (χ1v) is 10.2. The molecule has 0 atom stereocenters. The van der Waals surface area contributed by atoms with E-state index in [-0.39, 0.29) is 22.4 Å². The van der Waals surface area contributed by atoms with Crippen molar-refractivity contribution in [3.05, 3.63) is 108 Å². The van der Waals surface area contributed by atoms with Gasteiger partial charge in [0.05, 0.1) is 6.54 Å². The van der Waals surface area contributed by atoms with Crippen LogP contribution in [0.5, 0.6) is 0 Å². The van der Waals surface area contributed by atoms with Crippen molar-refractivity contribution in [2.75, 3.05) is 6.54 Å². The third kappa shape index (κ3) is 6.92. The summed E-state index contributed by atoms with van der Waals surface area (Å²) in [4.78, 5) is 0. The molecule has 0 aliphatic carbocycles. The second kappa shape index (κ2) is 11.8. The van der Waals surface area contributed by atoms with Gasteiger partial charge in [0.15, 0.2) is 0 Å². The largest absolute Gasteiger partial charge is 1.00 e. The van der Waals surface area contributed by atoms with E-state index >= 15 is 0 Å². The quantitative estimate of drug-likeness (QED) is 0.470. The maximum absolute atomic E-state index is 4.06. The van der Waals surface area contributed by atoms with Crippen molar-refractivity contribution in [3.8, 4) is 0 Å². The summed E-state index contributed by atoms with van der Waals surface area (Å²) in [7, 11) is 0. The molecule has 0 aliphatic rings. The van der Waals surface area contributed by atoms with Crippen LogP contribution in [0, 0.1) is 5.41 Å². The summed E-state index contributed by atoms with van der Waals surface area (Å²) in [5.41, 5.74) is 8.62. The van der Waals surface area contributed by atoms with E-state index in [9.17, 15) is 0 Å². The van der Waals surface area contributed by atoms with E-state index in [4.69, 9.17) is 0 Å². The number of hydrogen-bond donors (Lipinski definition) is 1. The Morgan fingerprint density at radius 1 is 0.536 bits per heavy atom. The SMILES string of the molecule is [Br-].[NH3+]CCCCC(Cc1ccccc1)(Cc1ccccc1)Cc1ccccc1. The van der Waals surface area contributed by atoms with E-state index in [2.05, 4.69) is 96.7 Å². The number of quaternary nitrogens is 1. The van der Waals surface area contributed by atoms with Crippen LogP contribution in [0.2, 0.25) is 0 Å². The minimum absolute atomic E-state index is 0. The zero-order chi connectivity index (χ0) is 18.8. The van der Waals surface area contributed by atoms with Gasteiger partial charge in [-0.15, -0.1) is 0 Å². The Labute approximate surface area is 180 Å². The molecule has 3 aromatic rings. The fraction of sp³-hybridized carbons (Fsp3) is 0.308. The minimum atomic E-state index is 0. The molecular weight excluding hydrogens is 406 g/mol. The Bertz CT molecular complexity index is 670. The Kier molecular flexibility index (Phi) is 9.46. The first-order valence-electron chi connectivity index (χ1n) is 10.2. The Hall–Kier alpha value is -1.90. The van der Waals surface area contributed by atoms with Crippen LogP contribution in [-0.2, 0) is 19.3 Å². The molecule has 0 saturated carbocycles. The minimum Gasteiger partial charge on any atom is -1.00 e. The van der Waals surface area contributed by atoms with Crippen molar-refractivity contribution >= 4 is 0 Å². The smallest absolute Gasteiger partial charge is 0.0739 e. The molecular formula is C26H32BrN. The van der Waals surface area contributed by atoms with E-state index in [0.717, 1.165) is 25.8 Å². The topological polar surface area (TPSA) is 27.6 Å². The van der Waals surface area contributed by atoms with Gasteiger partial charge in [0.2, 0.25) is 0 Å². The van der Waals surface area contributed by atoms with Crippen LogP contribution in [-0.4, -0.2) is 6.54 Å². The Morgan fingerprint density at radius 2 is 0.893 bits per heavy atom. The summed E-state index contributed by atoms with van der Waals surface area (Å²) in [6.45, 7) is 1.03. The van der Waals surface area contributed by atoms with E-state index in [1.165, 1.54) is 36.0 Å². The molecule has 0 fully saturated rings. The molecule has 0 heterocycles. The predicted octanol–water partition coefficient (Wildman–Crippen LogP) is 2.12. The normalized spacial score (nSPS) is 11.0. The second-order valence-corrected chi connectivity index (χ2v) is 7.80. The molecule has 3 aromatic carbocycles. The molecule has 0 saturated heterocycles. The lowest BCUT2D eigenvalue weighted by Crippen LogP contribution is -3.00. The van der Waals surface area contributed by atoms with Crippen LogP contribution in [0.25, 0.3) is 0 Å². The Morgan fingerprint density at radius 3 is 1.21 bits per heavy atom. The van der Waals surface area contributed by atoms with Crippen LogP contribution in [0.4, 0.5) is 0 Å². The molecule has 3 N–H and O–H groups in total. The molecule has 1 nitrogen and oxygen atoms in total. The van der Waals surface area contributed by atoms with Gasteiger partial charge in [-0.1, -0.05) is 91.0 Å². The van der Waals surface area contributed by atoms with Crippen molar-refractivity contribution in [2.45, 2.75) is 38.5 Å². The van der Waals surface area contributed by atoms with E-state index in [1.807, 2.05) is 0 Å². The van der Waals surface area contributed by atoms with Gasteiger partial charge in [-0.05, 0) is 60.6 Å². The Balaban J connectivity index is 0.00000280. The van der Waals surface area contributed by atoms with E-state index in [1.54, 1.807) is 0 Å². The summed E-state index contributed by atoms with van der Waals surface area (Å²) in [6.07, 6.45) is 7.05. The van der Waals surface area contributed by atoms with Crippen molar-refractivity contribution in [1.29, 1.82) is 0 Å². The van der Waals surface area contributed by atoms with Crippen LogP contribution in [0.15, 0.2) is 91.0 Å². The van der Waals surface area contributed by atoms with Gasteiger partial charge in [0, 0.05) is 0 Å². The first kappa shape index (κ1) is 22.4.